The Morgan fingerprint density at radius 3 is 1.44 bits per heavy atom. The molecule has 3 rings (SSSR count). The van der Waals surface area contributed by atoms with Gasteiger partial charge >= 0.3 is 0 Å². The van der Waals surface area contributed by atoms with E-state index in [1.54, 1.807) is 60.7 Å². The van der Waals surface area contributed by atoms with Gasteiger partial charge in [0.1, 0.15) is 43.0 Å². The summed E-state index contributed by atoms with van der Waals surface area (Å²) in [5.74, 6) is 1.40. The van der Waals surface area contributed by atoms with Gasteiger partial charge in [-0.2, -0.15) is 0 Å². The summed E-state index contributed by atoms with van der Waals surface area (Å²) in [5, 5.41) is 9.94. The summed E-state index contributed by atoms with van der Waals surface area (Å²) in [5.41, 5.74) is 2.76. The first kappa shape index (κ1) is 18.2. The lowest BCUT2D eigenvalue weighted by molar-refractivity contribution is 0.111. The molecule has 0 atom stereocenters. The summed E-state index contributed by atoms with van der Waals surface area (Å²) in [6, 6.07) is 18.8. The van der Waals surface area contributed by atoms with Crippen molar-refractivity contribution < 1.29 is 24.2 Å². The van der Waals surface area contributed by atoms with Crippen LogP contribution in [0.2, 0.25) is 0 Å². The first-order valence-electron chi connectivity index (χ1n) is 8.34. The molecule has 0 aromatic heterocycles. The Morgan fingerprint density at radius 1 is 0.667 bits per heavy atom. The maximum Gasteiger partial charge on any atom is 0.150 e. The molecule has 0 aliphatic heterocycles. The molecule has 0 bridgehead atoms. The normalized spacial score (nSPS) is 10.2. The van der Waals surface area contributed by atoms with Crippen LogP contribution in [0.3, 0.4) is 0 Å². The Labute approximate surface area is 156 Å². The minimum Gasteiger partial charge on any atom is -0.508 e. The summed E-state index contributed by atoms with van der Waals surface area (Å²) >= 11 is 0. The molecule has 0 aliphatic carbocycles. The predicted octanol–water partition coefficient (Wildman–Crippen LogP) is 4.18. The zero-order valence-electron chi connectivity index (χ0n) is 14.5. The van der Waals surface area contributed by atoms with Crippen LogP contribution in [-0.4, -0.2) is 17.7 Å². The monoisotopic (exact) mass is 362 g/mol. The van der Waals surface area contributed by atoms with E-state index >= 15 is 0 Å². The van der Waals surface area contributed by atoms with Gasteiger partial charge in [-0.3, -0.25) is 9.59 Å². The molecule has 5 nitrogen and oxygen atoms in total. The summed E-state index contributed by atoms with van der Waals surface area (Å²) in [4.78, 5) is 21.3. The van der Waals surface area contributed by atoms with Crippen LogP contribution in [0.15, 0.2) is 66.7 Å². The van der Waals surface area contributed by atoms with E-state index in [2.05, 4.69) is 0 Å². The van der Waals surface area contributed by atoms with E-state index < -0.39 is 0 Å². The number of benzene rings is 3. The van der Waals surface area contributed by atoms with Crippen LogP contribution in [0.4, 0.5) is 0 Å². The van der Waals surface area contributed by atoms with Crippen LogP contribution in [0.5, 0.6) is 17.2 Å². The fraction of sp³-hybridized carbons (Fsp3) is 0.0909. The van der Waals surface area contributed by atoms with Gasteiger partial charge in [0.05, 0.1) is 0 Å². The van der Waals surface area contributed by atoms with Gasteiger partial charge in [-0.15, -0.1) is 0 Å². The van der Waals surface area contributed by atoms with Crippen molar-refractivity contribution in [1.29, 1.82) is 0 Å². The molecular formula is C22H18O5. The molecular weight excluding hydrogens is 344 g/mol. The molecule has 0 saturated carbocycles. The zero-order valence-corrected chi connectivity index (χ0v) is 14.5. The topological polar surface area (TPSA) is 72.8 Å². The highest BCUT2D eigenvalue weighted by atomic mass is 16.5. The molecule has 0 aliphatic rings. The number of rotatable bonds is 8. The van der Waals surface area contributed by atoms with Crippen molar-refractivity contribution in [2.24, 2.45) is 0 Å². The van der Waals surface area contributed by atoms with Crippen LogP contribution in [-0.2, 0) is 13.2 Å². The van der Waals surface area contributed by atoms with Gasteiger partial charge in [-0.25, -0.2) is 0 Å². The molecule has 0 saturated heterocycles. The quantitative estimate of drug-likeness (QED) is 0.609. The number of ether oxygens (including phenoxy) is 2. The number of carbonyl (C=O) groups excluding carboxylic acids is 2. The molecule has 0 radical (unpaired) electrons. The Morgan fingerprint density at radius 2 is 1.07 bits per heavy atom. The summed E-state index contributed by atoms with van der Waals surface area (Å²) < 4.78 is 11.4. The smallest absolute Gasteiger partial charge is 0.150 e. The number of hydrogen-bond acceptors (Lipinski definition) is 5. The van der Waals surface area contributed by atoms with E-state index in [0.717, 1.165) is 23.7 Å². The maximum atomic E-state index is 10.7. The van der Waals surface area contributed by atoms with Crippen molar-refractivity contribution in [2.75, 3.05) is 0 Å². The third-order valence-electron chi connectivity index (χ3n) is 3.88. The first-order chi connectivity index (χ1) is 13.2. The number of carbonyl (C=O) groups is 2. The lowest BCUT2D eigenvalue weighted by Gasteiger charge is -2.10. The maximum absolute atomic E-state index is 10.7. The third-order valence-corrected chi connectivity index (χ3v) is 3.88. The average molecular weight is 362 g/mol. The molecule has 0 fully saturated rings. The van der Waals surface area contributed by atoms with Gasteiger partial charge in [0.2, 0.25) is 0 Å². The highest BCUT2D eigenvalue weighted by Crippen LogP contribution is 2.20. The van der Waals surface area contributed by atoms with Crippen molar-refractivity contribution in [3.05, 3.63) is 89.0 Å². The highest BCUT2D eigenvalue weighted by Gasteiger charge is 2.04. The Hall–Kier alpha value is -3.60. The molecule has 0 heterocycles. The van der Waals surface area contributed by atoms with Crippen molar-refractivity contribution in [3.63, 3.8) is 0 Å². The molecule has 3 aromatic carbocycles. The van der Waals surface area contributed by atoms with Crippen LogP contribution in [0.25, 0.3) is 0 Å². The van der Waals surface area contributed by atoms with Crippen LogP contribution in [0, 0.1) is 0 Å². The van der Waals surface area contributed by atoms with Crippen LogP contribution in [0.1, 0.15) is 31.8 Å². The Balaban J connectivity index is 1.62. The Bertz CT molecular complexity index is 841. The van der Waals surface area contributed by atoms with Gasteiger partial charge < -0.3 is 14.6 Å². The first-order valence-corrected chi connectivity index (χ1v) is 8.34. The molecule has 0 unspecified atom stereocenters. The third kappa shape index (κ3) is 5.19. The highest BCUT2D eigenvalue weighted by molar-refractivity contribution is 5.75. The molecule has 0 amide bonds. The number of hydrogen-bond donors (Lipinski definition) is 1. The second-order valence-corrected chi connectivity index (χ2v) is 5.96. The summed E-state index contributed by atoms with van der Waals surface area (Å²) in [7, 11) is 0. The standard InChI is InChI=1S/C22H18O5/c23-12-16-1-5-21(6-2-16)26-14-18-9-19(11-20(25)10-18)15-27-22-7-3-17(13-24)4-8-22/h1-13,25H,14-15H2. The van der Waals surface area contributed by atoms with Gasteiger partial charge in [-0.05, 0) is 77.9 Å². The number of aromatic hydroxyl groups is 1. The lowest BCUT2D eigenvalue weighted by atomic mass is 10.1. The largest absolute Gasteiger partial charge is 0.508 e. The van der Waals surface area contributed by atoms with E-state index in [1.807, 2.05) is 6.07 Å². The minimum atomic E-state index is 0.127. The summed E-state index contributed by atoms with van der Waals surface area (Å²) in [6.45, 7) is 0.547. The predicted molar refractivity (Wildman–Crippen MR) is 100 cm³/mol. The number of phenolic OH excluding ortho intramolecular Hbond substituents is 1. The van der Waals surface area contributed by atoms with Crippen molar-refractivity contribution >= 4 is 12.6 Å². The molecule has 27 heavy (non-hydrogen) atoms. The minimum absolute atomic E-state index is 0.127. The zero-order chi connectivity index (χ0) is 19.1. The fourth-order valence-corrected chi connectivity index (χ4v) is 2.53. The van der Waals surface area contributed by atoms with Crippen molar-refractivity contribution in [3.8, 4) is 17.2 Å². The van der Waals surface area contributed by atoms with Gasteiger partial charge in [-0.1, -0.05) is 0 Å². The van der Waals surface area contributed by atoms with Gasteiger partial charge in [0.25, 0.3) is 0 Å². The number of phenols is 1. The second kappa shape index (κ2) is 8.67. The molecule has 3 aromatic rings. The average Bonchev–Trinajstić information content (AvgIpc) is 2.71. The molecule has 1 N–H and O–H groups in total. The number of aldehydes is 2. The van der Waals surface area contributed by atoms with Gasteiger partial charge in [0, 0.05) is 11.1 Å². The second-order valence-electron chi connectivity index (χ2n) is 5.96. The van der Waals surface area contributed by atoms with Crippen LogP contribution >= 0.6 is 0 Å². The van der Waals surface area contributed by atoms with E-state index in [9.17, 15) is 14.7 Å². The Kier molecular flexibility index (Phi) is 5.84. The van der Waals surface area contributed by atoms with Crippen molar-refractivity contribution in [1.82, 2.24) is 0 Å². The van der Waals surface area contributed by atoms with Gasteiger partial charge in [0.15, 0.2) is 0 Å². The summed E-state index contributed by atoms with van der Waals surface area (Å²) in [6.07, 6.45) is 1.55. The lowest BCUT2D eigenvalue weighted by Crippen LogP contribution is -2.00. The van der Waals surface area contributed by atoms with E-state index in [-0.39, 0.29) is 19.0 Å². The van der Waals surface area contributed by atoms with E-state index in [0.29, 0.717) is 22.6 Å². The fourth-order valence-electron chi connectivity index (χ4n) is 2.53. The van der Waals surface area contributed by atoms with E-state index in [4.69, 9.17) is 9.47 Å². The van der Waals surface area contributed by atoms with E-state index in [1.165, 1.54) is 0 Å². The SMILES string of the molecule is O=Cc1ccc(OCc2cc(O)cc(COc3ccc(C=O)cc3)c2)cc1. The van der Waals surface area contributed by atoms with Crippen LogP contribution < -0.4 is 9.47 Å². The molecule has 136 valence electrons. The van der Waals surface area contributed by atoms with Crippen molar-refractivity contribution in [2.45, 2.75) is 13.2 Å². The molecule has 5 heteroatoms. The molecule has 0 spiro atoms.